The van der Waals surface area contributed by atoms with Gasteiger partial charge in [0.15, 0.2) is 0 Å². The first-order valence-corrected chi connectivity index (χ1v) is 10.7. The Morgan fingerprint density at radius 2 is 1.96 bits per heavy atom. The zero-order chi connectivity index (χ0) is 20.1. The fraction of sp³-hybridized carbons (Fsp3) is 0.286. The van der Waals surface area contributed by atoms with Crippen LogP contribution >= 0.6 is 0 Å². The van der Waals surface area contributed by atoms with Crippen molar-refractivity contribution in [3.63, 3.8) is 0 Å². The highest BCUT2D eigenvalue weighted by molar-refractivity contribution is 7.89. The third kappa shape index (κ3) is 3.20. The van der Waals surface area contributed by atoms with Crippen LogP contribution in [0.5, 0.6) is 0 Å². The molecule has 1 aliphatic heterocycles. The first kappa shape index (κ1) is 18.7. The topological polar surface area (TPSA) is 75.8 Å². The standard InChI is InChI=1S/C21H22FN3O2S/c1-21(13-28(26,27)25(2)20(23)24-21)18-11-16-9-15(10-17(16)12-19(18)22)8-14-6-4-3-5-7-14/h3-7,10-12H,8-9,13H2,1-2H3,(H2,23,24)/t21-/m0/s1. The third-order valence-corrected chi connectivity index (χ3v) is 7.37. The van der Waals surface area contributed by atoms with Crippen LogP contribution in [0.25, 0.3) is 6.08 Å². The first-order chi connectivity index (χ1) is 13.2. The molecule has 2 aromatic rings. The Hall–Kier alpha value is -2.67. The van der Waals surface area contributed by atoms with Gasteiger partial charge in [0.1, 0.15) is 11.4 Å². The van der Waals surface area contributed by atoms with Gasteiger partial charge < -0.3 is 5.73 Å². The quantitative estimate of drug-likeness (QED) is 0.862. The summed E-state index contributed by atoms with van der Waals surface area (Å²) in [6.45, 7) is 1.61. The number of allylic oxidation sites excluding steroid dienone is 1. The average Bonchev–Trinajstić information content (AvgIpc) is 3.00. The average molecular weight is 399 g/mol. The lowest BCUT2D eigenvalue weighted by molar-refractivity contribution is 0.457. The van der Waals surface area contributed by atoms with Crippen molar-refractivity contribution in [2.24, 2.45) is 10.7 Å². The van der Waals surface area contributed by atoms with Gasteiger partial charge in [0.25, 0.3) is 0 Å². The van der Waals surface area contributed by atoms with E-state index in [1.807, 2.05) is 24.3 Å². The molecule has 4 rings (SSSR count). The van der Waals surface area contributed by atoms with Gasteiger partial charge in [-0.2, -0.15) is 0 Å². The number of guanidine groups is 1. The number of halogens is 1. The molecule has 1 heterocycles. The van der Waals surface area contributed by atoms with E-state index >= 15 is 0 Å². The van der Waals surface area contributed by atoms with Gasteiger partial charge in [-0.15, -0.1) is 0 Å². The molecule has 1 atom stereocenters. The Morgan fingerprint density at radius 3 is 2.64 bits per heavy atom. The van der Waals surface area contributed by atoms with Gasteiger partial charge in [-0.3, -0.25) is 0 Å². The molecule has 0 bridgehead atoms. The molecule has 2 aromatic carbocycles. The number of hydrogen-bond donors (Lipinski definition) is 1. The summed E-state index contributed by atoms with van der Waals surface area (Å²) in [7, 11) is -2.30. The summed E-state index contributed by atoms with van der Waals surface area (Å²) in [4.78, 5) is 4.32. The van der Waals surface area contributed by atoms with Crippen LogP contribution < -0.4 is 5.73 Å². The van der Waals surface area contributed by atoms with E-state index in [4.69, 9.17) is 5.73 Å². The molecule has 146 valence electrons. The van der Waals surface area contributed by atoms with Crippen LogP contribution in [0.3, 0.4) is 0 Å². The first-order valence-electron chi connectivity index (χ1n) is 9.06. The zero-order valence-electron chi connectivity index (χ0n) is 15.8. The number of nitrogens with zero attached hydrogens (tertiary/aromatic N) is 2. The molecular weight excluding hydrogens is 377 g/mol. The van der Waals surface area contributed by atoms with Crippen molar-refractivity contribution >= 4 is 22.1 Å². The smallest absolute Gasteiger partial charge is 0.239 e. The highest BCUT2D eigenvalue weighted by Crippen LogP contribution is 2.37. The Balaban J connectivity index is 1.67. The van der Waals surface area contributed by atoms with Crippen LogP contribution in [-0.4, -0.2) is 31.5 Å². The predicted molar refractivity (Wildman–Crippen MR) is 109 cm³/mol. The van der Waals surface area contributed by atoms with Crippen LogP contribution in [-0.2, 0) is 28.4 Å². The molecule has 7 heteroatoms. The van der Waals surface area contributed by atoms with Gasteiger partial charge in [-0.05, 0) is 48.6 Å². The number of sulfonamides is 1. The fourth-order valence-electron chi connectivity index (χ4n) is 3.91. The monoisotopic (exact) mass is 399 g/mol. The lowest BCUT2D eigenvalue weighted by Gasteiger charge is -2.34. The van der Waals surface area contributed by atoms with E-state index in [1.54, 1.807) is 13.0 Å². The maximum absolute atomic E-state index is 15.0. The van der Waals surface area contributed by atoms with Gasteiger partial charge in [-0.25, -0.2) is 22.1 Å². The van der Waals surface area contributed by atoms with Crippen LogP contribution in [0.1, 0.15) is 29.2 Å². The van der Waals surface area contributed by atoms with Gasteiger partial charge in [0.05, 0.1) is 5.75 Å². The SMILES string of the molecule is CN1C(N)=N[C@](C)(c2cc3c(cc2F)C=C(Cc2ccccc2)C3)CS1(=O)=O. The second-order valence-corrected chi connectivity index (χ2v) is 9.64. The number of hydrogen-bond acceptors (Lipinski definition) is 4. The Morgan fingerprint density at radius 1 is 1.25 bits per heavy atom. The maximum Gasteiger partial charge on any atom is 0.239 e. The molecule has 28 heavy (non-hydrogen) atoms. The zero-order valence-corrected chi connectivity index (χ0v) is 16.6. The third-order valence-electron chi connectivity index (χ3n) is 5.42. The minimum Gasteiger partial charge on any atom is -0.369 e. The van der Waals surface area contributed by atoms with E-state index in [1.165, 1.54) is 24.3 Å². The van der Waals surface area contributed by atoms with Crippen molar-refractivity contribution in [3.05, 3.63) is 76.1 Å². The van der Waals surface area contributed by atoms with Crippen LogP contribution in [0.2, 0.25) is 0 Å². The highest BCUT2D eigenvalue weighted by Gasteiger charge is 2.42. The lowest BCUT2D eigenvalue weighted by Crippen LogP contribution is -2.50. The summed E-state index contributed by atoms with van der Waals surface area (Å²) in [5.74, 6) is -0.914. The molecule has 0 radical (unpaired) electrons. The predicted octanol–water partition coefficient (Wildman–Crippen LogP) is 2.81. The number of nitrogens with two attached hydrogens (primary N) is 1. The van der Waals surface area contributed by atoms with Crippen molar-refractivity contribution in [3.8, 4) is 0 Å². The second-order valence-electron chi connectivity index (χ2n) is 7.64. The van der Waals surface area contributed by atoms with E-state index in [9.17, 15) is 12.8 Å². The fourth-order valence-corrected chi connectivity index (χ4v) is 5.36. The van der Waals surface area contributed by atoms with Crippen molar-refractivity contribution < 1.29 is 12.8 Å². The van der Waals surface area contributed by atoms with E-state index in [0.717, 1.165) is 21.9 Å². The molecule has 0 fully saturated rings. The van der Waals surface area contributed by atoms with Gasteiger partial charge in [0.2, 0.25) is 16.0 Å². The lowest BCUT2D eigenvalue weighted by atomic mass is 9.91. The highest BCUT2D eigenvalue weighted by atomic mass is 32.2. The molecule has 2 aliphatic rings. The van der Waals surface area contributed by atoms with Crippen molar-refractivity contribution in [1.29, 1.82) is 0 Å². The van der Waals surface area contributed by atoms with E-state index in [0.29, 0.717) is 6.42 Å². The second kappa shape index (κ2) is 6.44. The molecule has 0 amide bonds. The number of fused-ring (bicyclic) bond motifs is 1. The summed E-state index contributed by atoms with van der Waals surface area (Å²) in [6.07, 6.45) is 3.52. The van der Waals surface area contributed by atoms with Gasteiger partial charge >= 0.3 is 0 Å². The minimum absolute atomic E-state index is 0.128. The number of aliphatic imine (C=N–C) groups is 1. The maximum atomic E-state index is 15.0. The Labute approximate surface area is 164 Å². The van der Waals surface area contributed by atoms with Gasteiger partial charge in [0, 0.05) is 12.6 Å². The summed E-state index contributed by atoms with van der Waals surface area (Å²) < 4.78 is 40.7. The van der Waals surface area contributed by atoms with E-state index in [-0.39, 0.29) is 17.3 Å². The van der Waals surface area contributed by atoms with Crippen molar-refractivity contribution in [2.45, 2.75) is 25.3 Å². The van der Waals surface area contributed by atoms with Crippen molar-refractivity contribution in [1.82, 2.24) is 4.31 Å². The molecule has 0 aromatic heterocycles. The molecule has 0 saturated heterocycles. The van der Waals surface area contributed by atoms with Gasteiger partial charge in [-0.1, -0.05) is 42.0 Å². The van der Waals surface area contributed by atoms with Crippen molar-refractivity contribution in [2.75, 3.05) is 12.8 Å². The molecular formula is C21H22FN3O2S. The molecule has 0 saturated carbocycles. The van der Waals surface area contributed by atoms with E-state index < -0.39 is 21.4 Å². The summed E-state index contributed by atoms with van der Waals surface area (Å²) in [5.41, 5.74) is 9.03. The normalized spacial score (nSPS) is 23.2. The molecule has 0 spiro atoms. The number of rotatable bonds is 3. The Bertz CT molecular complexity index is 1110. The summed E-state index contributed by atoms with van der Waals surface area (Å²) in [5, 5.41) is 0. The Kier molecular flexibility index (Phi) is 4.30. The largest absolute Gasteiger partial charge is 0.369 e. The summed E-state index contributed by atoms with van der Waals surface area (Å²) >= 11 is 0. The molecule has 1 aliphatic carbocycles. The molecule has 2 N–H and O–H groups in total. The molecule has 0 unspecified atom stereocenters. The van der Waals surface area contributed by atoms with Crippen LogP contribution in [0, 0.1) is 5.82 Å². The van der Waals surface area contributed by atoms with Crippen LogP contribution in [0.15, 0.2) is 53.0 Å². The van der Waals surface area contributed by atoms with Crippen LogP contribution in [0.4, 0.5) is 4.39 Å². The van der Waals surface area contributed by atoms with E-state index in [2.05, 4.69) is 17.1 Å². The number of benzene rings is 2. The summed E-state index contributed by atoms with van der Waals surface area (Å²) in [6, 6.07) is 13.3. The minimum atomic E-state index is -3.65. The molecule has 5 nitrogen and oxygen atoms in total.